The fourth-order valence-electron chi connectivity index (χ4n) is 4.30. The highest BCUT2D eigenvalue weighted by Crippen LogP contribution is 2.35. The first-order valence-corrected chi connectivity index (χ1v) is 12.5. The zero-order chi connectivity index (χ0) is 23.9. The van der Waals surface area contributed by atoms with Gasteiger partial charge < -0.3 is 19.7 Å². The molecule has 1 amide bonds. The Hall–Kier alpha value is -2.59. The smallest absolute Gasteiger partial charge is 0.261 e. The molecule has 3 heterocycles. The molecule has 9 heteroatoms. The van der Waals surface area contributed by atoms with Crippen LogP contribution in [0.1, 0.15) is 33.0 Å². The summed E-state index contributed by atoms with van der Waals surface area (Å²) in [5.74, 6) is 0.962. The van der Waals surface area contributed by atoms with E-state index in [-0.39, 0.29) is 5.91 Å². The lowest BCUT2D eigenvalue weighted by Gasteiger charge is -2.34. The predicted octanol–water partition coefficient (Wildman–Crippen LogP) is 3.09. The van der Waals surface area contributed by atoms with Gasteiger partial charge in [-0.05, 0) is 31.0 Å². The van der Waals surface area contributed by atoms with E-state index in [1.165, 1.54) is 16.9 Å². The van der Waals surface area contributed by atoms with Crippen LogP contribution in [-0.2, 0) is 17.9 Å². The Balaban J connectivity index is 1.25. The Morgan fingerprint density at radius 1 is 1.09 bits per heavy atom. The molecule has 0 spiro atoms. The highest BCUT2D eigenvalue weighted by molar-refractivity contribution is 7.20. The lowest BCUT2D eigenvalue weighted by Crippen LogP contribution is -2.46. The number of carbonyl (C=O) groups is 1. The number of nitrogens with one attached hydrogen (secondary N) is 1. The minimum atomic E-state index is -0.0662. The second kappa shape index (κ2) is 11.7. The second-order valence-electron chi connectivity index (χ2n) is 8.53. The third kappa shape index (κ3) is 5.90. The quantitative estimate of drug-likeness (QED) is 0.444. The molecule has 8 nitrogen and oxygen atoms in total. The van der Waals surface area contributed by atoms with Gasteiger partial charge in [0.05, 0.1) is 17.4 Å². The lowest BCUT2D eigenvalue weighted by atomic mass is 10.2. The van der Waals surface area contributed by atoms with Crippen LogP contribution in [0.5, 0.6) is 5.88 Å². The number of aryl methyl sites for hydroxylation is 1. The maximum atomic E-state index is 12.9. The van der Waals surface area contributed by atoms with Gasteiger partial charge in [-0.1, -0.05) is 30.3 Å². The molecule has 34 heavy (non-hydrogen) atoms. The van der Waals surface area contributed by atoms with Crippen molar-refractivity contribution < 1.29 is 14.3 Å². The Bertz CT molecular complexity index is 1100. The number of methoxy groups -OCH3 is 2. The largest absolute Gasteiger partial charge is 0.480 e. The summed E-state index contributed by atoms with van der Waals surface area (Å²) in [6, 6.07) is 10.6. The molecule has 1 aliphatic heterocycles. The van der Waals surface area contributed by atoms with Crippen molar-refractivity contribution in [3.8, 4) is 5.88 Å². The van der Waals surface area contributed by atoms with Crippen molar-refractivity contribution in [3.05, 3.63) is 52.2 Å². The van der Waals surface area contributed by atoms with Gasteiger partial charge in [-0.15, -0.1) is 11.3 Å². The van der Waals surface area contributed by atoms with Crippen molar-refractivity contribution in [3.63, 3.8) is 0 Å². The summed E-state index contributed by atoms with van der Waals surface area (Å²) in [5.41, 5.74) is 2.22. The summed E-state index contributed by atoms with van der Waals surface area (Å²) < 4.78 is 10.6. The highest BCUT2D eigenvalue weighted by Gasteiger charge is 2.21. The molecular formula is C25H33N5O3S. The minimum absolute atomic E-state index is 0.0662. The molecule has 1 saturated heterocycles. The molecule has 1 N–H and O–H groups in total. The summed E-state index contributed by atoms with van der Waals surface area (Å²) >= 11 is 1.37. The number of thiophene rings is 1. The van der Waals surface area contributed by atoms with Crippen molar-refractivity contribution in [2.75, 3.05) is 53.5 Å². The van der Waals surface area contributed by atoms with Gasteiger partial charge in [0.15, 0.2) is 5.82 Å². The topological polar surface area (TPSA) is 79.8 Å². The number of aromatic nitrogens is 2. The van der Waals surface area contributed by atoms with Crippen LogP contribution in [0.15, 0.2) is 30.3 Å². The predicted molar refractivity (Wildman–Crippen MR) is 135 cm³/mol. The molecule has 182 valence electrons. The van der Waals surface area contributed by atoms with Gasteiger partial charge in [0.25, 0.3) is 5.91 Å². The van der Waals surface area contributed by atoms with E-state index in [1.807, 2.05) is 6.92 Å². The van der Waals surface area contributed by atoms with Crippen molar-refractivity contribution in [1.29, 1.82) is 0 Å². The standard InChI is InChI=1S/C25H33N5O3S/c1-18-21-24(33-3)27-20(17-32-2)28-25(21)34-22(18)23(31)26-10-7-11-29-12-14-30(15-13-29)16-19-8-5-4-6-9-19/h4-6,8-9H,7,10-17H2,1-3H3,(H,26,31). The van der Waals surface area contributed by atoms with E-state index in [0.29, 0.717) is 29.7 Å². The van der Waals surface area contributed by atoms with Crippen LogP contribution < -0.4 is 10.1 Å². The van der Waals surface area contributed by atoms with Gasteiger partial charge in [0, 0.05) is 46.4 Å². The van der Waals surface area contributed by atoms with Crippen LogP contribution in [0.3, 0.4) is 0 Å². The summed E-state index contributed by atoms with van der Waals surface area (Å²) in [4.78, 5) is 28.2. The fraction of sp³-hybridized carbons (Fsp3) is 0.480. The summed E-state index contributed by atoms with van der Waals surface area (Å²) in [7, 11) is 3.18. The van der Waals surface area contributed by atoms with Crippen molar-refractivity contribution in [1.82, 2.24) is 25.1 Å². The summed E-state index contributed by atoms with van der Waals surface area (Å²) in [6.45, 7) is 9.17. The third-order valence-electron chi connectivity index (χ3n) is 6.13. The molecule has 1 aromatic carbocycles. The van der Waals surface area contributed by atoms with Crippen molar-refractivity contribution in [2.24, 2.45) is 0 Å². The first-order chi connectivity index (χ1) is 16.6. The minimum Gasteiger partial charge on any atom is -0.480 e. The van der Waals surface area contributed by atoms with Crippen molar-refractivity contribution >= 4 is 27.5 Å². The number of carbonyl (C=O) groups excluding carboxylic acids is 1. The number of piperazine rings is 1. The monoisotopic (exact) mass is 483 g/mol. The molecule has 4 rings (SSSR count). The van der Waals surface area contributed by atoms with E-state index in [0.717, 1.165) is 61.5 Å². The number of hydrogen-bond acceptors (Lipinski definition) is 8. The van der Waals surface area contributed by atoms with Crippen LogP contribution >= 0.6 is 11.3 Å². The Morgan fingerprint density at radius 3 is 2.53 bits per heavy atom. The van der Waals surface area contributed by atoms with Crippen LogP contribution in [0, 0.1) is 6.92 Å². The van der Waals surface area contributed by atoms with E-state index in [1.54, 1.807) is 14.2 Å². The molecular weight excluding hydrogens is 450 g/mol. The van der Waals surface area contributed by atoms with Crippen molar-refractivity contribution in [2.45, 2.75) is 26.5 Å². The molecule has 0 atom stereocenters. The molecule has 0 radical (unpaired) electrons. The third-order valence-corrected chi connectivity index (χ3v) is 7.31. The Labute approximate surface area is 204 Å². The van der Waals surface area contributed by atoms with E-state index in [4.69, 9.17) is 9.47 Å². The second-order valence-corrected chi connectivity index (χ2v) is 9.53. The van der Waals surface area contributed by atoms with E-state index < -0.39 is 0 Å². The number of ether oxygens (including phenoxy) is 2. The van der Waals surface area contributed by atoms with Crippen LogP contribution in [0.4, 0.5) is 0 Å². The van der Waals surface area contributed by atoms with Gasteiger partial charge in [0.1, 0.15) is 11.4 Å². The zero-order valence-electron chi connectivity index (χ0n) is 20.2. The number of hydrogen-bond donors (Lipinski definition) is 1. The van der Waals surface area contributed by atoms with Gasteiger partial charge in [-0.2, -0.15) is 4.98 Å². The van der Waals surface area contributed by atoms with Gasteiger partial charge in [0.2, 0.25) is 5.88 Å². The number of amides is 1. The Kier molecular flexibility index (Phi) is 8.44. The van der Waals surface area contributed by atoms with Crippen LogP contribution in [-0.4, -0.2) is 79.2 Å². The summed E-state index contributed by atoms with van der Waals surface area (Å²) in [5, 5.41) is 3.88. The molecule has 1 fully saturated rings. The normalized spacial score (nSPS) is 15.0. The molecule has 1 aliphatic rings. The summed E-state index contributed by atoms with van der Waals surface area (Å²) in [6.07, 6.45) is 0.926. The molecule has 0 unspecified atom stereocenters. The van der Waals surface area contributed by atoms with Crippen LogP contribution in [0.2, 0.25) is 0 Å². The first kappa shape index (κ1) is 24.5. The van der Waals surface area contributed by atoms with E-state index >= 15 is 0 Å². The number of benzene rings is 1. The molecule has 0 bridgehead atoms. The molecule has 0 saturated carbocycles. The fourth-order valence-corrected chi connectivity index (χ4v) is 5.41. The van der Waals surface area contributed by atoms with E-state index in [9.17, 15) is 4.79 Å². The Morgan fingerprint density at radius 2 is 1.82 bits per heavy atom. The zero-order valence-corrected chi connectivity index (χ0v) is 21.0. The van der Waals surface area contributed by atoms with E-state index in [2.05, 4.69) is 55.4 Å². The maximum absolute atomic E-state index is 12.9. The van der Waals surface area contributed by atoms with Gasteiger partial charge >= 0.3 is 0 Å². The molecule has 0 aliphatic carbocycles. The SMILES string of the molecule is COCc1nc(OC)c2c(C)c(C(=O)NCCCN3CCN(Cc4ccccc4)CC3)sc2n1. The molecule has 2 aromatic heterocycles. The lowest BCUT2D eigenvalue weighted by molar-refractivity contribution is 0.0950. The average molecular weight is 484 g/mol. The van der Waals surface area contributed by atoms with Crippen LogP contribution in [0.25, 0.3) is 10.2 Å². The molecule has 3 aromatic rings. The average Bonchev–Trinajstić information content (AvgIpc) is 3.19. The number of rotatable bonds is 10. The van der Waals surface area contributed by atoms with Gasteiger partial charge in [-0.3, -0.25) is 9.69 Å². The van der Waals surface area contributed by atoms with Gasteiger partial charge in [-0.25, -0.2) is 4.98 Å². The highest BCUT2D eigenvalue weighted by atomic mass is 32.1. The number of fused-ring (bicyclic) bond motifs is 1. The maximum Gasteiger partial charge on any atom is 0.261 e. The first-order valence-electron chi connectivity index (χ1n) is 11.7. The number of nitrogens with zero attached hydrogens (tertiary/aromatic N) is 4.